The summed E-state index contributed by atoms with van der Waals surface area (Å²) in [4.78, 5) is 0. The SMILES string of the molecule is CCn1c(C)cc(CNCC2(SC)CCC2)c1C. The molecule has 1 aromatic heterocycles. The quantitative estimate of drug-likeness (QED) is 0.849. The van der Waals surface area contributed by atoms with Crippen LogP contribution in [0.5, 0.6) is 0 Å². The number of rotatable bonds is 6. The molecule has 0 unspecified atom stereocenters. The molecule has 0 bridgehead atoms. The Morgan fingerprint density at radius 2 is 2.11 bits per heavy atom. The monoisotopic (exact) mass is 266 g/mol. The highest BCUT2D eigenvalue weighted by molar-refractivity contribution is 8.00. The molecule has 0 atom stereocenters. The minimum Gasteiger partial charge on any atom is -0.349 e. The summed E-state index contributed by atoms with van der Waals surface area (Å²) in [5.41, 5.74) is 4.27. The Morgan fingerprint density at radius 3 is 2.56 bits per heavy atom. The van der Waals surface area contributed by atoms with Gasteiger partial charge in [0.15, 0.2) is 0 Å². The van der Waals surface area contributed by atoms with Gasteiger partial charge in [0.1, 0.15) is 0 Å². The molecule has 3 heteroatoms. The van der Waals surface area contributed by atoms with Crippen molar-refractivity contribution in [1.29, 1.82) is 0 Å². The number of aromatic nitrogens is 1. The molecule has 2 nitrogen and oxygen atoms in total. The van der Waals surface area contributed by atoms with Gasteiger partial charge in [-0.2, -0.15) is 11.8 Å². The van der Waals surface area contributed by atoms with E-state index in [0.717, 1.165) is 19.6 Å². The third-order valence-corrected chi connectivity index (χ3v) is 5.87. The molecule has 1 heterocycles. The van der Waals surface area contributed by atoms with Crippen molar-refractivity contribution in [1.82, 2.24) is 9.88 Å². The van der Waals surface area contributed by atoms with Gasteiger partial charge in [-0.1, -0.05) is 6.42 Å². The molecule has 1 N–H and O–H groups in total. The van der Waals surface area contributed by atoms with Gasteiger partial charge in [0.25, 0.3) is 0 Å². The number of thioether (sulfide) groups is 1. The van der Waals surface area contributed by atoms with Crippen LogP contribution in [0.25, 0.3) is 0 Å². The van der Waals surface area contributed by atoms with E-state index in [1.807, 2.05) is 11.8 Å². The van der Waals surface area contributed by atoms with Gasteiger partial charge in [0.05, 0.1) is 0 Å². The first kappa shape index (κ1) is 14.0. The molecule has 0 aromatic carbocycles. The van der Waals surface area contributed by atoms with E-state index in [9.17, 15) is 0 Å². The predicted molar refractivity (Wildman–Crippen MR) is 81.4 cm³/mol. The van der Waals surface area contributed by atoms with Crippen LogP contribution in [-0.2, 0) is 13.1 Å². The maximum absolute atomic E-state index is 3.67. The van der Waals surface area contributed by atoms with Crippen LogP contribution in [0.15, 0.2) is 6.07 Å². The molecule has 1 saturated carbocycles. The van der Waals surface area contributed by atoms with E-state index in [1.54, 1.807) is 0 Å². The number of hydrogen-bond acceptors (Lipinski definition) is 2. The molecule has 0 radical (unpaired) electrons. The number of nitrogens with zero attached hydrogens (tertiary/aromatic N) is 1. The Balaban J connectivity index is 1.90. The summed E-state index contributed by atoms with van der Waals surface area (Å²) in [6.45, 7) is 9.91. The van der Waals surface area contributed by atoms with Crippen molar-refractivity contribution in [2.45, 2.75) is 57.9 Å². The second-order valence-electron chi connectivity index (χ2n) is 5.48. The second kappa shape index (κ2) is 5.70. The zero-order valence-corrected chi connectivity index (χ0v) is 13.0. The second-order valence-corrected chi connectivity index (χ2v) is 6.76. The van der Waals surface area contributed by atoms with Gasteiger partial charge in [0, 0.05) is 35.8 Å². The molecular weight excluding hydrogens is 240 g/mol. The molecule has 1 fully saturated rings. The Morgan fingerprint density at radius 1 is 1.39 bits per heavy atom. The standard InChI is InChI=1S/C15H26N2S/c1-5-17-12(2)9-14(13(17)3)10-16-11-15(18-4)7-6-8-15/h9,16H,5-8,10-11H2,1-4H3. The van der Waals surface area contributed by atoms with Gasteiger partial charge in [-0.15, -0.1) is 0 Å². The van der Waals surface area contributed by atoms with E-state index in [0.29, 0.717) is 4.75 Å². The van der Waals surface area contributed by atoms with Crippen molar-refractivity contribution in [3.8, 4) is 0 Å². The average Bonchev–Trinajstić information content (AvgIpc) is 2.57. The fraction of sp³-hybridized carbons (Fsp3) is 0.733. The van der Waals surface area contributed by atoms with Gasteiger partial charge in [0.2, 0.25) is 0 Å². The Kier molecular flexibility index (Phi) is 4.44. The highest BCUT2D eigenvalue weighted by atomic mass is 32.2. The molecule has 102 valence electrons. The van der Waals surface area contributed by atoms with Crippen LogP contribution < -0.4 is 5.32 Å². The van der Waals surface area contributed by atoms with E-state index < -0.39 is 0 Å². The maximum Gasteiger partial charge on any atom is 0.0281 e. The summed E-state index contributed by atoms with van der Waals surface area (Å²) in [7, 11) is 0. The molecule has 1 aromatic rings. The van der Waals surface area contributed by atoms with Crippen molar-refractivity contribution in [2.75, 3.05) is 12.8 Å². The minimum atomic E-state index is 0.538. The van der Waals surface area contributed by atoms with Crippen molar-refractivity contribution < 1.29 is 0 Å². The van der Waals surface area contributed by atoms with Crippen LogP contribution in [0.2, 0.25) is 0 Å². The molecule has 18 heavy (non-hydrogen) atoms. The van der Waals surface area contributed by atoms with E-state index >= 15 is 0 Å². The summed E-state index contributed by atoms with van der Waals surface area (Å²) in [6, 6.07) is 2.33. The van der Waals surface area contributed by atoms with Crippen molar-refractivity contribution in [3.63, 3.8) is 0 Å². The minimum absolute atomic E-state index is 0.538. The zero-order chi connectivity index (χ0) is 13.2. The molecule has 0 saturated heterocycles. The van der Waals surface area contributed by atoms with Crippen molar-refractivity contribution in [2.24, 2.45) is 0 Å². The Labute approximate surface area is 116 Å². The van der Waals surface area contributed by atoms with E-state index in [4.69, 9.17) is 0 Å². The highest BCUT2D eigenvalue weighted by Crippen LogP contribution is 2.42. The average molecular weight is 266 g/mol. The fourth-order valence-electron chi connectivity index (χ4n) is 2.99. The third-order valence-electron chi connectivity index (χ3n) is 4.46. The summed E-state index contributed by atoms with van der Waals surface area (Å²) in [6.07, 6.45) is 6.43. The van der Waals surface area contributed by atoms with Crippen molar-refractivity contribution in [3.05, 3.63) is 23.0 Å². The summed E-state index contributed by atoms with van der Waals surface area (Å²) in [5.74, 6) is 0. The van der Waals surface area contributed by atoms with Crippen LogP contribution in [0.1, 0.15) is 43.1 Å². The van der Waals surface area contributed by atoms with Gasteiger partial charge < -0.3 is 9.88 Å². The van der Waals surface area contributed by atoms with Crippen LogP contribution in [0, 0.1) is 13.8 Å². The third kappa shape index (κ3) is 2.62. The molecule has 1 aliphatic carbocycles. The highest BCUT2D eigenvalue weighted by Gasteiger charge is 2.35. The summed E-state index contributed by atoms with van der Waals surface area (Å²) >= 11 is 2.04. The lowest BCUT2D eigenvalue weighted by Crippen LogP contribution is -2.43. The molecule has 1 aliphatic rings. The predicted octanol–water partition coefficient (Wildman–Crippen LogP) is 3.50. The Hall–Kier alpha value is -0.410. The van der Waals surface area contributed by atoms with E-state index in [-0.39, 0.29) is 0 Å². The van der Waals surface area contributed by atoms with Crippen LogP contribution in [0.3, 0.4) is 0 Å². The lowest BCUT2D eigenvalue weighted by molar-refractivity contribution is 0.345. The van der Waals surface area contributed by atoms with Gasteiger partial charge in [-0.05, 0) is 51.5 Å². The first-order valence-electron chi connectivity index (χ1n) is 7.03. The van der Waals surface area contributed by atoms with Crippen LogP contribution >= 0.6 is 11.8 Å². The molecule has 2 rings (SSSR count). The topological polar surface area (TPSA) is 17.0 Å². The summed E-state index contributed by atoms with van der Waals surface area (Å²) in [5, 5.41) is 3.67. The van der Waals surface area contributed by atoms with Crippen LogP contribution in [0.4, 0.5) is 0 Å². The molecule has 0 amide bonds. The molecular formula is C15H26N2S. The lowest BCUT2D eigenvalue weighted by Gasteiger charge is -2.40. The number of aryl methyl sites for hydroxylation is 1. The first-order valence-corrected chi connectivity index (χ1v) is 8.26. The normalized spacial score (nSPS) is 17.8. The number of hydrogen-bond donors (Lipinski definition) is 1. The van der Waals surface area contributed by atoms with Gasteiger partial charge in [-0.25, -0.2) is 0 Å². The molecule has 0 aliphatic heterocycles. The Bertz CT molecular complexity index is 399. The largest absolute Gasteiger partial charge is 0.349 e. The van der Waals surface area contributed by atoms with Gasteiger partial charge >= 0.3 is 0 Å². The van der Waals surface area contributed by atoms with E-state index in [1.165, 1.54) is 36.2 Å². The van der Waals surface area contributed by atoms with E-state index in [2.05, 4.69) is 43.0 Å². The number of nitrogens with one attached hydrogen (secondary N) is 1. The fourth-order valence-corrected chi connectivity index (χ4v) is 3.93. The smallest absolute Gasteiger partial charge is 0.0281 e. The lowest BCUT2D eigenvalue weighted by atomic mass is 9.84. The zero-order valence-electron chi connectivity index (χ0n) is 12.2. The maximum atomic E-state index is 3.67. The van der Waals surface area contributed by atoms with Gasteiger partial charge in [-0.3, -0.25) is 0 Å². The van der Waals surface area contributed by atoms with Crippen LogP contribution in [-0.4, -0.2) is 22.1 Å². The van der Waals surface area contributed by atoms with Crippen molar-refractivity contribution >= 4 is 11.8 Å². The molecule has 0 spiro atoms. The first-order chi connectivity index (χ1) is 8.62. The summed E-state index contributed by atoms with van der Waals surface area (Å²) < 4.78 is 2.93.